The molecule has 1 aromatic carbocycles. The molecule has 0 aromatic heterocycles. The predicted molar refractivity (Wildman–Crippen MR) is 85.9 cm³/mol. The molecule has 1 aromatic rings. The molecule has 6 heteroatoms. The quantitative estimate of drug-likeness (QED) is 0.849. The third-order valence-electron chi connectivity index (χ3n) is 4.24. The summed E-state index contributed by atoms with van der Waals surface area (Å²) < 4.78 is 18.1. The van der Waals surface area contributed by atoms with E-state index in [0.717, 1.165) is 31.4 Å². The van der Waals surface area contributed by atoms with E-state index in [9.17, 15) is 14.0 Å². The summed E-state index contributed by atoms with van der Waals surface area (Å²) in [5.41, 5.74) is 0.0405. The smallest absolute Gasteiger partial charge is 0.340 e. The Morgan fingerprint density at radius 3 is 2.70 bits per heavy atom. The lowest BCUT2D eigenvalue weighted by atomic mass is 9.86. The van der Waals surface area contributed by atoms with Crippen molar-refractivity contribution in [2.24, 2.45) is 5.92 Å². The van der Waals surface area contributed by atoms with E-state index in [1.165, 1.54) is 19.4 Å². The van der Waals surface area contributed by atoms with Crippen LogP contribution in [0.3, 0.4) is 0 Å². The molecule has 1 saturated carbocycles. The van der Waals surface area contributed by atoms with Crippen LogP contribution in [0.2, 0.25) is 5.02 Å². The number of ether oxygens (including phenoxy) is 1. The van der Waals surface area contributed by atoms with E-state index in [1.54, 1.807) is 0 Å². The van der Waals surface area contributed by atoms with Gasteiger partial charge in [-0.1, -0.05) is 31.4 Å². The van der Waals surface area contributed by atoms with E-state index < -0.39 is 17.9 Å². The molecule has 1 aliphatic rings. The molecule has 0 aliphatic heterocycles. The van der Waals surface area contributed by atoms with Crippen molar-refractivity contribution in [3.05, 3.63) is 34.6 Å². The molecule has 4 nitrogen and oxygen atoms in total. The van der Waals surface area contributed by atoms with Gasteiger partial charge >= 0.3 is 5.97 Å². The Bertz CT molecular complexity index is 593. The highest BCUT2D eigenvalue weighted by atomic mass is 35.5. The van der Waals surface area contributed by atoms with Gasteiger partial charge in [0, 0.05) is 6.04 Å². The van der Waals surface area contributed by atoms with E-state index in [-0.39, 0.29) is 22.5 Å². The largest absolute Gasteiger partial charge is 0.449 e. The Morgan fingerprint density at radius 1 is 1.35 bits per heavy atom. The van der Waals surface area contributed by atoms with Gasteiger partial charge in [-0.15, -0.1) is 0 Å². The van der Waals surface area contributed by atoms with Gasteiger partial charge in [0.2, 0.25) is 0 Å². The highest BCUT2D eigenvalue weighted by Crippen LogP contribution is 2.24. The molecule has 23 heavy (non-hydrogen) atoms. The number of nitrogens with one attached hydrogen (secondary N) is 1. The zero-order valence-corrected chi connectivity index (χ0v) is 14.0. The van der Waals surface area contributed by atoms with Gasteiger partial charge in [-0.05, 0) is 43.9 Å². The summed E-state index contributed by atoms with van der Waals surface area (Å²) in [6.07, 6.45) is 3.37. The van der Waals surface area contributed by atoms with Crippen LogP contribution in [-0.2, 0) is 9.53 Å². The molecular weight excluding hydrogens is 321 g/mol. The first-order valence-corrected chi connectivity index (χ1v) is 8.22. The van der Waals surface area contributed by atoms with Crippen LogP contribution in [0.1, 0.15) is 49.9 Å². The molecule has 3 atom stereocenters. The van der Waals surface area contributed by atoms with Crippen LogP contribution in [-0.4, -0.2) is 24.0 Å². The molecule has 0 unspecified atom stereocenters. The number of benzene rings is 1. The summed E-state index contributed by atoms with van der Waals surface area (Å²) >= 11 is 5.82. The average molecular weight is 342 g/mol. The maximum atomic E-state index is 13.0. The minimum Gasteiger partial charge on any atom is -0.449 e. The molecule has 1 aliphatic carbocycles. The van der Waals surface area contributed by atoms with Gasteiger partial charge in [-0.2, -0.15) is 0 Å². The Kier molecular flexibility index (Phi) is 5.99. The SMILES string of the molecule is C[C@@H]1CCCC[C@@H]1NC(=O)[C@@H](C)OC(=O)c1ccc(F)cc1Cl. The van der Waals surface area contributed by atoms with Crippen molar-refractivity contribution in [2.75, 3.05) is 0 Å². The zero-order valence-electron chi connectivity index (χ0n) is 13.3. The third-order valence-corrected chi connectivity index (χ3v) is 4.56. The first kappa shape index (κ1) is 17.7. The van der Waals surface area contributed by atoms with Crippen molar-refractivity contribution in [3.8, 4) is 0 Å². The van der Waals surface area contributed by atoms with Gasteiger partial charge in [0.05, 0.1) is 10.6 Å². The fourth-order valence-corrected chi connectivity index (χ4v) is 3.01. The number of carbonyl (C=O) groups excluding carboxylic acids is 2. The maximum absolute atomic E-state index is 13.0. The average Bonchev–Trinajstić information content (AvgIpc) is 2.49. The summed E-state index contributed by atoms with van der Waals surface area (Å²) in [4.78, 5) is 24.2. The molecule has 0 heterocycles. The van der Waals surface area contributed by atoms with Gasteiger partial charge < -0.3 is 10.1 Å². The van der Waals surface area contributed by atoms with Crippen molar-refractivity contribution in [1.29, 1.82) is 0 Å². The minimum absolute atomic E-state index is 0.0384. The number of halogens is 2. The van der Waals surface area contributed by atoms with E-state index in [4.69, 9.17) is 16.3 Å². The van der Waals surface area contributed by atoms with Crippen LogP contribution in [0.15, 0.2) is 18.2 Å². The highest BCUT2D eigenvalue weighted by molar-refractivity contribution is 6.33. The second kappa shape index (κ2) is 7.77. The first-order valence-electron chi connectivity index (χ1n) is 7.85. The Labute approximate surface area is 140 Å². The molecule has 0 spiro atoms. The minimum atomic E-state index is -0.933. The number of esters is 1. The van der Waals surface area contributed by atoms with E-state index in [1.807, 2.05) is 0 Å². The predicted octanol–water partition coefficient (Wildman–Crippen LogP) is 3.72. The normalized spacial score (nSPS) is 22.3. The monoisotopic (exact) mass is 341 g/mol. The van der Waals surface area contributed by atoms with E-state index in [0.29, 0.717) is 5.92 Å². The molecule has 0 bridgehead atoms. The third kappa shape index (κ3) is 4.67. The van der Waals surface area contributed by atoms with Crippen molar-refractivity contribution in [1.82, 2.24) is 5.32 Å². The van der Waals surface area contributed by atoms with E-state index >= 15 is 0 Å². The maximum Gasteiger partial charge on any atom is 0.340 e. The zero-order chi connectivity index (χ0) is 17.0. The number of amides is 1. The fourth-order valence-electron chi connectivity index (χ4n) is 2.76. The molecule has 1 fully saturated rings. The Hall–Kier alpha value is -1.62. The summed E-state index contributed by atoms with van der Waals surface area (Å²) in [5, 5.41) is 2.90. The summed E-state index contributed by atoms with van der Waals surface area (Å²) in [6.45, 7) is 3.62. The van der Waals surface area contributed by atoms with Gasteiger partial charge in [-0.25, -0.2) is 9.18 Å². The van der Waals surface area contributed by atoms with Crippen molar-refractivity contribution < 1.29 is 18.7 Å². The summed E-state index contributed by atoms with van der Waals surface area (Å²) in [7, 11) is 0. The van der Waals surface area contributed by atoms with Gasteiger partial charge in [0.15, 0.2) is 6.10 Å². The second-order valence-electron chi connectivity index (χ2n) is 6.05. The molecule has 1 N–H and O–H groups in total. The standard InChI is InChI=1S/C17H21ClFNO3/c1-10-5-3-4-6-15(10)20-16(21)11(2)23-17(22)13-8-7-12(19)9-14(13)18/h7-11,15H,3-6H2,1-2H3,(H,20,21)/t10-,11-,15+/m1/s1. The van der Waals surface area contributed by atoms with E-state index in [2.05, 4.69) is 12.2 Å². The summed E-state index contributed by atoms with van der Waals surface area (Å²) in [5.74, 6) is -1.18. The number of rotatable bonds is 4. The lowest BCUT2D eigenvalue weighted by molar-refractivity contribution is -0.130. The van der Waals surface area contributed by atoms with Crippen LogP contribution >= 0.6 is 11.6 Å². The molecule has 0 saturated heterocycles. The van der Waals surface area contributed by atoms with Gasteiger partial charge in [0.1, 0.15) is 5.82 Å². The number of carbonyl (C=O) groups is 2. The van der Waals surface area contributed by atoms with Gasteiger partial charge in [-0.3, -0.25) is 4.79 Å². The molecular formula is C17H21ClFNO3. The fraction of sp³-hybridized carbons (Fsp3) is 0.529. The lowest BCUT2D eigenvalue weighted by Crippen LogP contribution is -2.46. The van der Waals surface area contributed by atoms with Crippen LogP contribution in [0, 0.1) is 11.7 Å². The number of hydrogen-bond acceptors (Lipinski definition) is 3. The van der Waals surface area contributed by atoms with Crippen molar-refractivity contribution in [3.63, 3.8) is 0 Å². The molecule has 2 rings (SSSR count). The van der Waals surface area contributed by atoms with Crippen molar-refractivity contribution in [2.45, 2.75) is 51.7 Å². The van der Waals surface area contributed by atoms with Crippen LogP contribution < -0.4 is 5.32 Å². The second-order valence-corrected chi connectivity index (χ2v) is 6.46. The Balaban J connectivity index is 1.93. The summed E-state index contributed by atoms with van der Waals surface area (Å²) in [6, 6.07) is 3.52. The molecule has 0 radical (unpaired) electrons. The number of hydrogen-bond donors (Lipinski definition) is 1. The van der Waals surface area contributed by atoms with Crippen LogP contribution in [0.25, 0.3) is 0 Å². The Morgan fingerprint density at radius 2 is 2.04 bits per heavy atom. The topological polar surface area (TPSA) is 55.4 Å². The van der Waals surface area contributed by atoms with Gasteiger partial charge in [0.25, 0.3) is 5.91 Å². The lowest BCUT2D eigenvalue weighted by Gasteiger charge is -2.30. The van der Waals surface area contributed by atoms with Crippen LogP contribution in [0.4, 0.5) is 4.39 Å². The first-order chi connectivity index (χ1) is 10.9. The molecule has 1 amide bonds. The molecule has 126 valence electrons. The van der Waals surface area contributed by atoms with Crippen molar-refractivity contribution >= 4 is 23.5 Å². The highest BCUT2D eigenvalue weighted by Gasteiger charge is 2.27. The van der Waals surface area contributed by atoms with Crippen LogP contribution in [0.5, 0.6) is 0 Å².